The second-order valence-corrected chi connectivity index (χ2v) is 5.95. The first-order valence-electron chi connectivity index (χ1n) is 8.06. The SMILES string of the molecule is C[C@@H](C(=O)Nc1cccc(C#N)c1)[NH+](C)Cc1ccc(OC(F)F)cc1. The van der Waals surface area contributed by atoms with Crippen molar-refractivity contribution in [3.63, 3.8) is 0 Å². The lowest BCUT2D eigenvalue weighted by molar-refractivity contribution is -0.907. The Hall–Kier alpha value is -2.98. The normalized spacial score (nSPS) is 12.9. The first-order chi connectivity index (χ1) is 12.4. The maximum Gasteiger partial charge on any atom is 0.387 e. The van der Waals surface area contributed by atoms with Gasteiger partial charge in [-0.3, -0.25) is 4.79 Å². The number of halogens is 2. The van der Waals surface area contributed by atoms with Crippen LogP contribution < -0.4 is 15.0 Å². The lowest BCUT2D eigenvalue weighted by Gasteiger charge is -2.21. The average molecular weight is 360 g/mol. The van der Waals surface area contributed by atoms with E-state index in [9.17, 15) is 13.6 Å². The van der Waals surface area contributed by atoms with Gasteiger partial charge in [0.25, 0.3) is 5.91 Å². The Morgan fingerprint density at radius 1 is 1.27 bits per heavy atom. The first-order valence-corrected chi connectivity index (χ1v) is 8.06. The number of hydrogen-bond acceptors (Lipinski definition) is 3. The van der Waals surface area contributed by atoms with E-state index in [4.69, 9.17) is 5.26 Å². The Morgan fingerprint density at radius 3 is 2.58 bits per heavy atom. The molecule has 0 aromatic heterocycles. The largest absolute Gasteiger partial charge is 0.435 e. The number of nitrogens with zero attached hydrogens (tertiary/aromatic N) is 1. The summed E-state index contributed by atoms with van der Waals surface area (Å²) in [4.78, 5) is 13.3. The zero-order valence-corrected chi connectivity index (χ0v) is 14.5. The van der Waals surface area contributed by atoms with Gasteiger partial charge in [-0.25, -0.2) is 0 Å². The molecule has 1 amide bonds. The molecule has 1 unspecified atom stereocenters. The van der Waals surface area contributed by atoms with Gasteiger partial charge in [-0.2, -0.15) is 14.0 Å². The summed E-state index contributed by atoms with van der Waals surface area (Å²) < 4.78 is 28.6. The molecular formula is C19H20F2N3O2+. The van der Waals surface area contributed by atoms with Crippen molar-refractivity contribution in [2.24, 2.45) is 0 Å². The Kier molecular flexibility index (Phi) is 6.64. The molecule has 0 aliphatic heterocycles. The summed E-state index contributed by atoms with van der Waals surface area (Å²) in [6.07, 6.45) is 0. The van der Waals surface area contributed by atoms with Crippen LogP contribution in [0.2, 0.25) is 0 Å². The predicted molar refractivity (Wildman–Crippen MR) is 92.9 cm³/mol. The van der Waals surface area contributed by atoms with Crippen LogP contribution in [0, 0.1) is 11.3 Å². The van der Waals surface area contributed by atoms with E-state index in [1.165, 1.54) is 12.1 Å². The number of hydrogen-bond donors (Lipinski definition) is 2. The Labute approximate surface area is 150 Å². The van der Waals surface area contributed by atoms with Crippen molar-refractivity contribution in [2.45, 2.75) is 26.1 Å². The lowest BCUT2D eigenvalue weighted by atomic mass is 10.1. The molecule has 0 spiro atoms. The molecule has 2 aromatic rings. The van der Waals surface area contributed by atoms with Gasteiger partial charge in [-0.05, 0) is 49.4 Å². The molecule has 26 heavy (non-hydrogen) atoms. The summed E-state index contributed by atoms with van der Waals surface area (Å²) in [5, 5.41) is 11.7. The van der Waals surface area contributed by atoms with Crippen LogP contribution in [0.5, 0.6) is 5.75 Å². The van der Waals surface area contributed by atoms with Gasteiger partial charge in [0.2, 0.25) is 0 Å². The van der Waals surface area contributed by atoms with Gasteiger partial charge in [-0.1, -0.05) is 6.07 Å². The van der Waals surface area contributed by atoms with E-state index in [0.717, 1.165) is 10.5 Å². The molecule has 0 heterocycles. The molecule has 0 saturated carbocycles. The second kappa shape index (κ2) is 8.92. The van der Waals surface area contributed by atoms with E-state index in [0.29, 0.717) is 17.8 Å². The molecule has 2 N–H and O–H groups in total. The van der Waals surface area contributed by atoms with Crippen molar-refractivity contribution >= 4 is 11.6 Å². The molecular weight excluding hydrogens is 340 g/mol. The molecule has 136 valence electrons. The number of alkyl halides is 2. The average Bonchev–Trinajstić information content (AvgIpc) is 2.62. The molecule has 2 atom stereocenters. The standard InChI is InChI=1S/C19H19F2N3O2/c1-13(18(25)23-16-5-3-4-15(10-16)11-22)24(2)12-14-6-8-17(9-7-14)26-19(20)21/h3-10,13,19H,12H2,1-2H3,(H,23,25)/p+1/t13-/m0/s1. The maximum absolute atomic E-state index is 12.4. The van der Waals surface area contributed by atoms with Crippen molar-refractivity contribution in [1.82, 2.24) is 0 Å². The maximum atomic E-state index is 12.4. The molecule has 0 saturated heterocycles. The minimum atomic E-state index is -2.85. The number of nitriles is 1. The smallest absolute Gasteiger partial charge is 0.387 e. The van der Waals surface area contributed by atoms with E-state index < -0.39 is 6.61 Å². The fraction of sp³-hybridized carbons (Fsp3) is 0.263. The Bertz CT molecular complexity index is 788. The number of carbonyl (C=O) groups excluding carboxylic acids is 1. The molecule has 0 aliphatic carbocycles. The summed E-state index contributed by atoms with van der Waals surface area (Å²) in [6, 6.07) is 14.7. The summed E-state index contributed by atoms with van der Waals surface area (Å²) in [5.74, 6) is -0.0696. The Balaban J connectivity index is 1.94. The number of rotatable bonds is 7. The van der Waals surface area contributed by atoms with Crippen LogP contribution in [0.25, 0.3) is 0 Å². The van der Waals surface area contributed by atoms with Crippen LogP contribution in [0.4, 0.5) is 14.5 Å². The number of carbonyl (C=O) groups is 1. The number of ether oxygens (including phenoxy) is 1. The van der Waals surface area contributed by atoms with E-state index >= 15 is 0 Å². The van der Waals surface area contributed by atoms with E-state index in [1.807, 2.05) is 13.1 Å². The zero-order chi connectivity index (χ0) is 19.1. The molecule has 7 heteroatoms. The van der Waals surface area contributed by atoms with Gasteiger partial charge in [0.05, 0.1) is 18.7 Å². The summed E-state index contributed by atoms with van der Waals surface area (Å²) in [5.41, 5.74) is 1.94. The van der Waals surface area contributed by atoms with Crippen LogP contribution in [0.1, 0.15) is 18.1 Å². The minimum absolute atomic E-state index is 0.101. The highest BCUT2D eigenvalue weighted by Gasteiger charge is 2.22. The van der Waals surface area contributed by atoms with Crippen molar-refractivity contribution in [3.05, 3.63) is 59.7 Å². The molecule has 0 bridgehead atoms. The van der Waals surface area contributed by atoms with Crippen LogP contribution >= 0.6 is 0 Å². The third kappa shape index (κ3) is 5.53. The van der Waals surface area contributed by atoms with Gasteiger partial charge in [0.1, 0.15) is 12.3 Å². The molecule has 0 fully saturated rings. The zero-order valence-electron chi connectivity index (χ0n) is 14.5. The summed E-state index contributed by atoms with van der Waals surface area (Å²) in [6.45, 7) is -0.507. The highest BCUT2D eigenvalue weighted by Crippen LogP contribution is 2.14. The lowest BCUT2D eigenvalue weighted by Crippen LogP contribution is -3.12. The number of quaternary nitrogens is 1. The van der Waals surface area contributed by atoms with Gasteiger partial charge in [-0.15, -0.1) is 0 Å². The van der Waals surface area contributed by atoms with Crippen molar-refractivity contribution in [3.8, 4) is 11.8 Å². The monoisotopic (exact) mass is 360 g/mol. The molecule has 5 nitrogen and oxygen atoms in total. The number of nitrogens with one attached hydrogen (secondary N) is 2. The third-order valence-electron chi connectivity index (χ3n) is 4.02. The predicted octanol–water partition coefficient (Wildman–Crippen LogP) is 2.20. The third-order valence-corrected chi connectivity index (χ3v) is 4.02. The van der Waals surface area contributed by atoms with E-state index in [-0.39, 0.29) is 17.7 Å². The highest BCUT2D eigenvalue weighted by atomic mass is 19.3. The van der Waals surface area contributed by atoms with Crippen molar-refractivity contribution in [2.75, 3.05) is 12.4 Å². The fourth-order valence-electron chi connectivity index (χ4n) is 2.40. The Morgan fingerprint density at radius 2 is 1.96 bits per heavy atom. The second-order valence-electron chi connectivity index (χ2n) is 5.95. The van der Waals surface area contributed by atoms with E-state index in [2.05, 4.69) is 10.1 Å². The number of benzene rings is 2. The van der Waals surface area contributed by atoms with Crippen molar-refractivity contribution in [1.29, 1.82) is 5.26 Å². The van der Waals surface area contributed by atoms with Crippen LogP contribution in [0.15, 0.2) is 48.5 Å². The van der Waals surface area contributed by atoms with Gasteiger partial charge in [0, 0.05) is 11.3 Å². The van der Waals surface area contributed by atoms with Gasteiger partial charge >= 0.3 is 6.61 Å². The summed E-state index contributed by atoms with van der Waals surface area (Å²) in [7, 11) is 1.87. The topological polar surface area (TPSA) is 66.6 Å². The van der Waals surface area contributed by atoms with Gasteiger partial charge < -0.3 is 15.0 Å². The molecule has 0 aliphatic rings. The van der Waals surface area contributed by atoms with E-state index in [1.54, 1.807) is 43.3 Å². The minimum Gasteiger partial charge on any atom is -0.435 e. The first kappa shape index (κ1) is 19.3. The van der Waals surface area contributed by atoms with Crippen molar-refractivity contribution < 1.29 is 23.2 Å². The fourth-order valence-corrected chi connectivity index (χ4v) is 2.40. The number of anilines is 1. The number of likely N-dealkylation sites (N-methyl/N-ethyl adjacent to an activating group) is 1. The van der Waals surface area contributed by atoms with Gasteiger partial charge in [0.15, 0.2) is 6.04 Å². The number of amides is 1. The van der Waals surface area contributed by atoms with Crippen LogP contribution in [-0.2, 0) is 11.3 Å². The molecule has 2 rings (SSSR count). The molecule has 0 radical (unpaired) electrons. The van der Waals surface area contributed by atoms with Crippen LogP contribution in [-0.4, -0.2) is 25.6 Å². The quantitative estimate of drug-likeness (QED) is 0.796. The summed E-state index contributed by atoms with van der Waals surface area (Å²) >= 11 is 0. The molecule has 2 aromatic carbocycles. The van der Waals surface area contributed by atoms with Crippen LogP contribution in [0.3, 0.4) is 0 Å². The highest BCUT2D eigenvalue weighted by molar-refractivity contribution is 5.93.